The first kappa shape index (κ1) is 27.9. The lowest BCUT2D eigenvalue weighted by atomic mass is 10.0. The predicted molar refractivity (Wildman–Crippen MR) is 151 cm³/mol. The molecule has 200 valence electrons. The van der Waals surface area contributed by atoms with Crippen LogP contribution in [0.25, 0.3) is 0 Å². The van der Waals surface area contributed by atoms with E-state index in [-0.39, 0.29) is 30.6 Å². The number of halogens is 2. The van der Waals surface area contributed by atoms with Gasteiger partial charge >= 0.3 is 0 Å². The maximum Gasteiger partial charge on any atom is 0.247 e. The third kappa shape index (κ3) is 7.91. The molecule has 0 unspecified atom stereocenters. The van der Waals surface area contributed by atoms with Crippen molar-refractivity contribution in [3.05, 3.63) is 136 Å². The van der Waals surface area contributed by atoms with Crippen LogP contribution >= 0.6 is 11.6 Å². The first-order valence-corrected chi connectivity index (χ1v) is 13.0. The average molecular weight is 545 g/mol. The molecule has 0 spiro atoms. The van der Waals surface area contributed by atoms with Crippen molar-refractivity contribution in [3.8, 4) is 5.75 Å². The zero-order valence-corrected chi connectivity index (χ0v) is 22.4. The number of nitrogens with one attached hydrogen (secondary N) is 1. The lowest BCUT2D eigenvalue weighted by Gasteiger charge is -2.32. The quantitative estimate of drug-likeness (QED) is 0.246. The number of ether oxygens (including phenoxy) is 1. The molecule has 0 fully saturated rings. The molecule has 0 aliphatic rings. The summed E-state index contributed by atoms with van der Waals surface area (Å²) in [7, 11) is 1.62. The molecule has 5 nitrogen and oxygen atoms in total. The van der Waals surface area contributed by atoms with Gasteiger partial charge in [0.2, 0.25) is 11.8 Å². The molecule has 7 heteroatoms. The van der Waals surface area contributed by atoms with Crippen molar-refractivity contribution in [1.82, 2.24) is 10.2 Å². The van der Waals surface area contributed by atoms with Gasteiger partial charge in [-0.05, 0) is 65.1 Å². The van der Waals surface area contributed by atoms with Crippen LogP contribution in [-0.4, -0.2) is 30.4 Å². The highest BCUT2D eigenvalue weighted by Crippen LogP contribution is 2.25. The van der Waals surface area contributed by atoms with E-state index in [1.54, 1.807) is 48.4 Å². The minimum atomic E-state index is -0.882. The van der Waals surface area contributed by atoms with Gasteiger partial charge in [-0.1, -0.05) is 78.3 Å². The molecule has 0 aliphatic carbocycles. The van der Waals surface area contributed by atoms with Gasteiger partial charge in [0.25, 0.3) is 0 Å². The fourth-order valence-corrected chi connectivity index (χ4v) is 4.44. The van der Waals surface area contributed by atoms with Gasteiger partial charge in [0.05, 0.1) is 13.5 Å². The minimum absolute atomic E-state index is 0.0842. The van der Waals surface area contributed by atoms with Crippen molar-refractivity contribution < 1.29 is 18.7 Å². The first-order chi connectivity index (χ1) is 18.9. The lowest BCUT2D eigenvalue weighted by Crippen LogP contribution is -2.44. The van der Waals surface area contributed by atoms with Crippen LogP contribution in [0, 0.1) is 5.82 Å². The van der Waals surface area contributed by atoms with Gasteiger partial charge in [-0.15, -0.1) is 0 Å². The Bertz CT molecular complexity index is 1360. The van der Waals surface area contributed by atoms with Crippen LogP contribution in [0.1, 0.15) is 28.3 Å². The molecule has 4 aromatic rings. The Kier molecular flexibility index (Phi) is 9.70. The monoisotopic (exact) mass is 544 g/mol. The molecule has 39 heavy (non-hydrogen) atoms. The van der Waals surface area contributed by atoms with E-state index in [4.69, 9.17) is 16.3 Å². The van der Waals surface area contributed by atoms with Gasteiger partial charge in [0.15, 0.2) is 0 Å². The number of amides is 2. The number of rotatable bonds is 11. The first-order valence-electron chi connectivity index (χ1n) is 12.7. The number of carbonyl (C=O) groups excluding carboxylic acids is 2. The van der Waals surface area contributed by atoms with E-state index in [1.807, 2.05) is 54.6 Å². The molecule has 0 aliphatic heterocycles. The van der Waals surface area contributed by atoms with Crippen LogP contribution in [0.4, 0.5) is 4.39 Å². The van der Waals surface area contributed by atoms with Gasteiger partial charge in [0.1, 0.15) is 17.6 Å². The standard InChI is InChI=1S/C32H30ClFN2O3/c1-39-29-17-11-23(12-18-29)19-20-35-32(38)31(26-5-3-2-4-6-26)36(22-25-9-15-28(34)16-10-25)30(37)21-24-7-13-27(33)14-8-24/h2-18,31H,19-22H2,1H3,(H,35,38)/t31-/m1/s1. The Morgan fingerprint density at radius 1 is 0.846 bits per heavy atom. The van der Waals surface area contributed by atoms with E-state index in [2.05, 4.69) is 5.32 Å². The van der Waals surface area contributed by atoms with Crippen molar-refractivity contribution in [2.75, 3.05) is 13.7 Å². The molecule has 0 heterocycles. The van der Waals surface area contributed by atoms with Gasteiger partial charge in [0, 0.05) is 18.1 Å². The third-order valence-electron chi connectivity index (χ3n) is 6.40. The molecular weight excluding hydrogens is 515 g/mol. The number of nitrogens with zero attached hydrogens (tertiary/aromatic N) is 1. The molecule has 1 atom stereocenters. The van der Waals surface area contributed by atoms with Gasteiger partial charge in [-0.25, -0.2) is 4.39 Å². The van der Waals surface area contributed by atoms with Crippen LogP contribution in [0.5, 0.6) is 5.75 Å². The van der Waals surface area contributed by atoms with Gasteiger partial charge in [-0.3, -0.25) is 9.59 Å². The Morgan fingerprint density at radius 2 is 1.46 bits per heavy atom. The second-order valence-corrected chi connectivity index (χ2v) is 9.59. The average Bonchev–Trinajstić information content (AvgIpc) is 2.96. The molecule has 4 aromatic carbocycles. The third-order valence-corrected chi connectivity index (χ3v) is 6.65. The second-order valence-electron chi connectivity index (χ2n) is 9.15. The predicted octanol–water partition coefficient (Wildman–Crippen LogP) is 6.16. The van der Waals surface area contributed by atoms with E-state index >= 15 is 0 Å². The van der Waals surface area contributed by atoms with Crippen molar-refractivity contribution in [3.63, 3.8) is 0 Å². The van der Waals surface area contributed by atoms with E-state index in [0.29, 0.717) is 29.1 Å². The summed E-state index contributed by atoms with van der Waals surface area (Å²) in [5.74, 6) is -0.127. The highest BCUT2D eigenvalue weighted by molar-refractivity contribution is 6.30. The minimum Gasteiger partial charge on any atom is -0.497 e. The molecule has 0 aromatic heterocycles. The van der Waals surface area contributed by atoms with Crippen LogP contribution in [0.3, 0.4) is 0 Å². The molecule has 0 radical (unpaired) electrons. The number of hydrogen-bond donors (Lipinski definition) is 1. The van der Waals surface area contributed by atoms with Crippen molar-refractivity contribution >= 4 is 23.4 Å². The zero-order valence-electron chi connectivity index (χ0n) is 21.6. The van der Waals surface area contributed by atoms with Crippen molar-refractivity contribution in [2.24, 2.45) is 0 Å². The molecule has 0 saturated heterocycles. The Labute approximate surface area is 233 Å². The summed E-state index contributed by atoms with van der Waals surface area (Å²) in [4.78, 5) is 29.0. The fourth-order valence-electron chi connectivity index (χ4n) is 4.32. The van der Waals surface area contributed by atoms with E-state index in [0.717, 1.165) is 16.9 Å². The number of hydrogen-bond acceptors (Lipinski definition) is 3. The van der Waals surface area contributed by atoms with Crippen LogP contribution in [0.15, 0.2) is 103 Å². The highest BCUT2D eigenvalue weighted by Gasteiger charge is 2.31. The summed E-state index contributed by atoms with van der Waals surface area (Å²) >= 11 is 6.03. The molecule has 1 N–H and O–H groups in total. The van der Waals surface area contributed by atoms with Crippen LogP contribution in [-0.2, 0) is 29.0 Å². The zero-order chi connectivity index (χ0) is 27.6. The molecule has 4 rings (SSSR count). The Balaban J connectivity index is 1.59. The summed E-state index contributed by atoms with van der Waals surface area (Å²) in [5, 5.41) is 3.60. The second kappa shape index (κ2) is 13.6. The summed E-state index contributed by atoms with van der Waals surface area (Å²) in [6, 6.07) is 29.0. The smallest absolute Gasteiger partial charge is 0.247 e. The number of methoxy groups -OCH3 is 1. The maximum atomic E-state index is 13.8. The van der Waals surface area contributed by atoms with Crippen molar-refractivity contribution in [1.29, 1.82) is 0 Å². The molecule has 0 saturated carbocycles. The highest BCUT2D eigenvalue weighted by atomic mass is 35.5. The lowest BCUT2D eigenvalue weighted by molar-refractivity contribution is -0.141. The fraction of sp³-hybridized carbons (Fsp3) is 0.188. The van der Waals surface area contributed by atoms with Crippen LogP contribution < -0.4 is 10.1 Å². The summed E-state index contributed by atoms with van der Waals surface area (Å²) in [6.07, 6.45) is 0.703. The Morgan fingerprint density at radius 3 is 2.10 bits per heavy atom. The summed E-state index contributed by atoms with van der Waals surface area (Å²) in [5.41, 5.74) is 3.23. The van der Waals surface area contributed by atoms with Crippen LogP contribution in [0.2, 0.25) is 5.02 Å². The molecular formula is C32H30ClFN2O3. The largest absolute Gasteiger partial charge is 0.497 e. The molecule has 0 bridgehead atoms. The normalized spacial score (nSPS) is 11.5. The molecule has 2 amide bonds. The summed E-state index contributed by atoms with van der Waals surface area (Å²) in [6.45, 7) is 0.530. The topological polar surface area (TPSA) is 58.6 Å². The number of benzene rings is 4. The van der Waals surface area contributed by atoms with Gasteiger partial charge < -0.3 is 15.0 Å². The summed E-state index contributed by atoms with van der Waals surface area (Å²) < 4.78 is 18.8. The van der Waals surface area contributed by atoms with Gasteiger partial charge in [-0.2, -0.15) is 0 Å². The van der Waals surface area contributed by atoms with Crippen molar-refractivity contribution in [2.45, 2.75) is 25.4 Å². The van der Waals surface area contributed by atoms with E-state index in [9.17, 15) is 14.0 Å². The Hall–Kier alpha value is -4.16. The number of carbonyl (C=O) groups is 2. The van der Waals surface area contributed by atoms with E-state index in [1.165, 1.54) is 12.1 Å². The maximum absolute atomic E-state index is 13.8. The van der Waals surface area contributed by atoms with E-state index < -0.39 is 6.04 Å². The SMILES string of the molecule is COc1ccc(CCNC(=O)[C@@H](c2ccccc2)N(Cc2ccc(F)cc2)C(=O)Cc2ccc(Cl)cc2)cc1.